The lowest BCUT2D eigenvalue weighted by atomic mass is 9.12. The summed E-state index contributed by atoms with van der Waals surface area (Å²) in [7, 11) is 0. The highest BCUT2D eigenvalue weighted by molar-refractivity contribution is 7.20. The van der Waals surface area contributed by atoms with E-state index in [9.17, 15) is 62.8 Å². The third-order valence-corrected chi connectivity index (χ3v) is 16.9. The van der Waals surface area contributed by atoms with Crippen molar-refractivity contribution in [2.45, 2.75) is 219 Å². The average Bonchev–Trinajstić information content (AvgIpc) is 0.684. The van der Waals surface area contributed by atoms with Crippen LogP contribution in [0, 0.1) is 126 Å². The molecular formula is C66H79BF20N2O2. The number of rotatable bonds is 40. The molecule has 4 nitrogen and oxygen atoms in total. The van der Waals surface area contributed by atoms with Crippen LogP contribution < -0.4 is 26.8 Å². The van der Waals surface area contributed by atoms with Gasteiger partial charge in [-0.3, -0.25) is 10.1 Å². The van der Waals surface area contributed by atoms with E-state index in [4.69, 9.17) is 0 Å². The summed E-state index contributed by atoms with van der Waals surface area (Å²) in [6, 6.07) is 7.37. The Bertz CT molecular complexity index is 2700. The standard InChI is InChI=1S/C42H78N2O2.C24BF20/c1-3-5-7-9-11-13-15-17-19-21-23-25-27-29-31-33-39-43(41-35-37-42(38-36-41)44(45)46)40-34-32-30-28-26-24-22-20-18-16-14-12-10-8-6-4-2;26-5-1(6(27)14(35)21(42)13(5)34)25(2-7(28)15(36)22(43)16(37)8(2)29,3-9(30)17(38)23(44)18(39)10(3)31)4-11(32)19(40)24(45)20(41)12(4)33/h35-38H,3-34,39-40H2,1-2H3;/q;-1/p+1. The van der Waals surface area contributed by atoms with Crippen LogP contribution in [0.4, 0.5) is 99.2 Å². The molecule has 0 aliphatic rings. The van der Waals surface area contributed by atoms with Crippen molar-refractivity contribution in [2.24, 2.45) is 0 Å². The van der Waals surface area contributed by atoms with Crippen LogP contribution in [0.2, 0.25) is 0 Å². The number of nitrogens with one attached hydrogen (secondary N) is 1. The van der Waals surface area contributed by atoms with Gasteiger partial charge in [0.1, 0.15) is 58.4 Å². The lowest BCUT2D eigenvalue weighted by Gasteiger charge is -2.44. The predicted molar refractivity (Wildman–Crippen MR) is 312 cm³/mol. The van der Waals surface area contributed by atoms with Crippen molar-refractivity contribution in [1.29, 1.82) is 0 Å². The topological polar surface area (TPSA) is 47.6 Å². The lowest BCUT2D eigenvalue weighted by molar-refractivity contribution is -0.833. The van der Waals surface area contributed by atoms with Gasteiger partial charge in [0.2, 0.25) is 0 Å². The number of hydrogen-bond donors (Lipinski definition) is 1. The lowest BCUT2D eigenvalue weighted by Crippen LogP contribution is -3.07. The quantitative estimate of drug-likeness (QED) is 0.00808. The summed E-state index contributed by atoms with van der Waals surface area (Å²) in [5.41, 5.74) is -12.9. The van der Waals surface area contributed by atoms with Crippen molar-refractivity contribution in [3.05, 3.63) is 151 Å². The first kappa shape index (κ1) is 77.6. The largest absolute Gasteiger partial charge is 0.302 e. The Hall–Kier alpha value is -5.88. The van der Waals surface area contributed by atoms with Gasteiger partial charge < -0.3 is 4.90 Å². The third-order valence-electron chi connectivity index (χ3n) is 16.9. The van der Waals surface area contributed by atoms with E-state index in [1.165, 1.54) is 216 Å². The van der Waals surface area contributed by atoms with Gasteiger partial charge in [0, 0.05) is 24.3 Å². The van der Waals surface area contributed by atoms with Crippen LogP contribution in [0.5, 0.6) is 0 Å². The van der Waals surface area contributed by atoms with E-state index >= 15 is 35.1 Å². The van der Waals surface area contributed by atoms with E-state index < -0.39 is 144 Å². The summed E-state index contributed by atoms with van der Waals surface area (Å²) >= 11 is 0. The first-order valence-electron chi connectivity index (χ1n) is 31.7. The monoisotopic (exact) mass is 1320 g/mol. The van der Waals surface area contributed by atoms with Crippen molar-refractivity contribution in [2.75, 3.05) is 13.1 Å². The molecule has 0 atom stereocenters. The molecule has 0 aromatic heterocycles. The molecule has 0 saturated carbocycles. The Labute approximate surface area is 518 Å². The number of hydrogen-bond acceptors (Lipinski definition) is 2. The van der Waals surface area contributed by atoms with Gasteiger partial charge in [-0.2, -0.15) is 0 Å². The van der Waals surface area contributed by atoms with Crippen molar-refractivity contribution in [1.82, 2.24) is 0 Å². The second-order valence-electron chi connectivity index (χ2n) is 23.3. The molecular weight excluding hydrogens is 1240 g/mol. The number of benzene rings is 5. The maximum Gasteiger partial charge on any atom is 0.269 e. The summed E-state index contributed by atoms with van der Waals surface area (Å²) < 4.78 is 294. The van der Waals surface area contributed by atoms with Crippen LogP contribution in [0.1, 0.15) is 219 Å². The minimum atomic E-state index is -7.22. The van der Waals surface area contributed by atoms with E-state index in [0.717, 1.165) is 13.1 Å². The van der Waals surface area contributed by atoms with Gasteiger partial charge in [-0.1, -0.05) is 194 Å². The van der Waals surface area contributed by atoms with Gasteiger partial charge in [0.25, 0.3) is 5.69 Å². The average molecular weight is 1320 g/mol. The summed E-state index contributed by atoms with van der Waals surface area (Å²) in [5, 5.41) is 11.2. The number of halogens is 20. The number of nitro benzene ring substituents is 1. The van der Waals surface area contributed by atoms with Crippen molar-refractivity contribution >= 4 is 39.4 Å². The Kier molecular flexibility index (Phi) is 33.2. The number of non-ortho nitro benzene ring substituents is 1. The Morgan fingerprint density at radius 3 is 0.615 bits per heavy atom. The Morgan fingerprint density at radius 2 is 0.440 bits per heavy atom. The fourth-order valence-corrected chi connectivity index (χ4v) is 11.9. The molecule has 0 saturated heterocycles. The number of nitrogens with zero attached hydrogens (tertiary/aromatic N) is 1. The van der Waals surface area contributed by atoms with Crippen LogP contribution in [-0.2, 0) is 0 Å². The maximum atomic E-state index is 15.4. The van der Waals surface area contributed by atoms with Crippen molar-refractivity contribution in [3.63, 3.8) is 0 Å². The minimum absolute atomic E-state index is 0.202. The minimum Gasteiger partial charge on any atom is -0.302 e. The number of quaternary nitrogens is 1. The van der Waals surface area contributed by atoms with Crippen molar-refractivity contribution in [3.8, 4) is 0 Å². The summed E-state index contributed by atoms with van der Waals surface area (Å²) in [6.07, 6.45) is 37.6. The molecule has 0 unspecified atom stereocenters. The smallest absolute Gasteiger partial charge is 0.269 e. The van der Waals surface area contributed by atoms with Gasteiger partial charge in [0.15, 0.2) is 69.8 Å². The maximum absolute atomic E-state index is 15.4. The van der Waals surface area contributed by atoms with E-state index in [0.29, 0.717) is 0 Å². The van der Waals surface area contributed by atoms with Crippen LogP contribution in [0.25, 0.3) is 0 Å². The van der Waals surface area contributed by atoms with Crippen LogP contribution in [-0.4, -0.2) is 24.2 Å². The van der Waals surface area contributed by atoms with Crippen LogP contribution >= 0.6 is 0 Å². The zero-order valence-electron chi connectivity index (χ0n) is 51.3. The first-order valence-corrected chi connectivity index (χ1v) is 31.7. The first-order chi connectivity index (χ1) is 43.4. The second kappa shape index (κ2) is 39.0. The molecule has 0 bridgehead atoms. The molecule has 91 heavy (non-hydrogen) atoms. The number of nitro groups is 1. The van der Waals surface area contributed by atoms with Crippen LogP contribution in [0.15, 0.2) is 24.3 Å². The molecule has 25 heteroatoms. The summed E-state index contributed by atoms with van der Waals surface area (Å²) in [5.74, 6) is -71.4. The van der Waals surface area contributed by atoms with Gasteiger partial charge in [0.05, 0.1) is 18.0 Å². The van der Waals surface area contributed by atoms with Gasteiger partial charge in [-0.25, -0.2) is 87.8 Å². The molecule has 0 spiro atoms. The molecule has 5 aromatic rings. The van der Waals surface area contributed by atoms with Crippen molar-refractivity contribution < 1.29 is 97.6 Å². The SMILES string of the molecule is CCCCCCCCCCCCCCCCCC[NH+](CCCCCCCCCCCCCCCCCC)c1ccc([N+](=O)[O-])cc1.Fc1c(F)c(F)c([B-](c2c(F)c(F)c(F)c(F)c2F)(c2c(F)c(F)c(F)c(F)c2F)c2c(F)c(F)c(F)c(F)c2F)c(F)c1F. The van der Waals surface area contributed by atoms with E-state index in [1.54, 1.807) is 12.1 Å². The molecule has 1 N–H and O–H groups in total. The molecule has 0 aliphatic heterocycles. The van der Waals surface area contributed by atoms with E-state index in [1.807, 2.05) is 12.1 Å². The zero-order chi connectivity index (χ0) is 67.5. The molecule has 508 valence electrons. The molecule has 0 amide bonds. The molecule has 0 heterocycles. The Balaban J connectivity index is 0.000000388. The highest BCUT2D eigenvalue weighted by atomic mass is 19.2. The fourth-order valence-electron chi connectivity index (χ4n) is 11.9. The predicted octanol–water partition coefficient (Wildman–Crippen LogP) is 19.5. The normalized spacial score (nSPS) is 11.8. The van der Waals surface area contributed by atoms with Gasteiger partial charge >= 0.3 is 0 Å². The van der Waals surface area contributed by atoms with E-state index in [-0.39, 0.29) is 10.6 Å². The molecule has 0 fully saturated rings. The molecule has 5 aromatic carbocycles. The highest BCUT2D eigenvalue weighted by Crippen LogP contribution is 2.31. The highest BCUT2D eigenvalue weighted by Gasteiger charge is 2.52. The summed E-state index contributed by atoms with van der Waals surface area (Å²) in [6.45, 7) is 6.88. The van der Waals surface area contributed by atoms with Gasteiger partial charge in [-0.15, -0.1) is 21.9 Å². The van der Waals surface area contributed by atoms with Crippen LogP contribution in [0.3, 0.4) is 0 Å². The molecule has 5 rings (SSSR count). The van der Waals surface area contributed by atoms with E-state index in [2.05, 4.69) is 13.8 Å². The molecule has 0 aliphatic carbocycles. The Morgan fingerprint density at radius 1 is 0.275 bits per heavy atom. The molecule has 0 radical (unpaired) electrons. The fraction of sp³-hybridized carbons (Fsp3) is 0.545. The third kappa shape index (κ3) is 20.1. The zero-order valence-corrected chi connectivity index (χ0v) is 51.3. The second-order valence-corrected chi connectivity index (χ2v) is 23.3. The van der Waals surface area contributed by atoms with Gasteiger partial charge in [-0.05, 0) is 25.7 Å². The number of unbranched alkanes of at least 4 members (excludes halogenated alkanes) is 30. The summed E-state index contributed by atoms with van der Waals surface area (Å²) in [4.78, 5) is 12.4.